The zero-order valence-electron chi connectivity index (χ0n) is 13.0. The Morgan fingerprint density at radius 1 is 1.48 bits per heavy atom. The highest BCUT2D eigenvalue weighted by Crippen LogP contribution is 2.40. The molecule has 3 N–H and O–H groups in total. The Labute approximate surface area is 125 Å². The first-order chi connectivity index (χ1) is 9.88. The van der Waals surface area contributed by atoms with Crippen LogP contribution in [0.4, 0.5) is 5.69 Å². The van der Waals surface area contributed by atoms with Crippen LogP contribution in [-0.4, -0.2) is 23.7 Å². The summed E-state index contributed by atoms with van der Waals surface area (Å²) in [5.41, 5.74) is 8.70. The molecule has 0 saturated carbocycles. The predicted molar refractivity (Wildman–Crippen MR) is 81.7 cm³/mol. The fourth-order valence-electron chi connectivity index (χ4n) is 2.96. The van der Waals surface area contributed by atoms with Crippen molar-refractivity contribution >= 4 is 11.6 Å². The molecule has 0 bridgehead atoms. The average Bonchev–Trinajstić information content (AvgIpc) is 2.44. The molecule has 0 spiro atoms. The van der Waals surface area contributed by atoms with Gasteiger partial charge in [0.15, 0.2) is 6.29 Å². The largest absolute Gasteiger partial charge is 0.364 e. The molecule has 1 amide bonds. The van der Waals surface area contributed by atoms with Crippen molar-refractivity contribution in [3.63, 3.8) is 0 Å². The summed E-state index contributed by atoms with van der Waals surface area (Å²) in [4.78, 5) is 13.7. The molecule has 0 aliphatic carbocycles. The first-order valence-electron chi connectivity index (χ1n) is 7.37. The Hall–Kier alpha value is -1.43. The summed E-state index contributed by atoms with van der Waals surface area (Å²) >= 11 is 0. The minimum Gasteiger partial charge on any atom is -0.364 e. The molecule has 0 aromatic heterocycles. The summed E-state index contributed by atoms with van der Waals surface area (Å²) in [5.74, 6) is 0.140. The number of benzene rings is 1. The molecule has 1 heterocycles. The number of anilines is 1. The van der Waals surface area contributed by atoms with Gasteiger partial charge in [-0.2, -0.15) is 0 Å². The van der Waals surface area contributed by atoms with Crippen LogP contribution in [0.15, 0.2) is 18.2 Å². The zero-order chi connectivity index (χ0) is 15.7. The molecule has 1 aromatic rings. The van der Waals surface area contributed by atoms with Crippen molar-refractivity contribution in [2.24, 2.45) is 11.7 Å². The number of hydrogen-bond acceptors (Lipinski definition) is 4. The van der Waals surface area contributed by atoms with Crippen LogP contribution >= 0.6 is 0 Å². The number of nitrogens with zero attached hydrogens (tertiary/aromatic N) is 1. The lowest BCUT2D eigenvalue weighted by molar-refractivity contribution is -0.117. The molecule has 0 saturated heterocycles. The first-order valence-corrected chi connectivity index (χ1v) is 7.37. The van der Waals surface area contributed by atoms with Crippen LogP contribution < -0.4 is 10.6 Å². The Morgan fingerprint density at radius 3 is 2.71 bits per heavy atom. The van der Waals surface area contributed by atoms with Crippen molar-refractivity contribution in [2.75, 3.05) is 11.5 Å². The molecule has 116 valence electrons. The monoisotopic (exact) mass is 292 g/mol. The molecule has 0 fully saturated rings. The molecule has 5 nitrogen and oxygen atoms in total. The van der Waals surface area contributed by atoms with E-state index in [1.807, 2.05) is 32.9 Å². The van der Waals surface area contributed by atoms with Gasteiger partial charge in [0, 0.05) is 36.9 Å². The van der Waals surface area contributed by atoms with Gasteiger partial charge in [-0.3, -0.25) is 4.79 Å². The lowest BCUT2D eigenvalue weighted by Crippen LogP contribution is -2.48. The molecule has 4 atom stereocenters. The Balaban J connectivity index is 2.48. The quantitative estimate of drug-likeness (QED) is 0.837. The number of nitrogens with two attached hydrogens (primary N) is 1. The van der Waals surface area contributed by atoms with Crippen molar-refractivity contribution in [1.29, 1.82) is 0 Å². The standard InChI is InChI=1S/C16H24N2O3/c1-5-21-16(20)12-6-7-14-13(8-12)15(17)9(2)10(3)18(14)11(4)19/h6-10,15-16,20H,5,17H2,1-4H3/t9-,10-,15+,16?/m0/s1. The van der Waals surface area contributed by atoms with Gasteiger partial charge in [0.25, 0.3) is 0 Å². The van der Waals surface area contributed by atoms with Gasteiger partial charge in [0.2, 0.25) is 5.91 Å². The number of aliphatic hydroxyl groups is 1. The highest BCUT2D eigenvalue weighted by molar-refractivity contribution is 5.93. The van der Waals surface area contributed by atoms with E-state index in [4.69, 9.17) is 10.5 Å². The van der Waals surface area contributed by atoms with Crippen LogP contribution in [0.3, 0.4) is 0 Å². The molecule has 1 aromatic carbocycles. The molecule has 1 aliphatic rings. The molecule has 0 radical (unpaired) electrons. The van der Waals surface area contributed by atoms with Gasteiger partial charge in [-0.05, 0) is 37.5 Å². The van der Waals surface area contributed by atoms with Crippen LogP contribution in [0.25, 0.3) is 0 Å². The summed E-state index contributed by atoms with van der Waals surface area (Å²) in [6, 6.07) is 5.35. The van der Waals surface area contributed by atoms with Gasteiger partial charge in [0.1, 0.15) is 0 Å². The number of fused-ring (bicyclic) bond motifs is 1. The van der Waals surface area contributed by atoms with E-state index in [0.29, 0.717) is 12.2 Å². The van der Waals surface area contributed by atoms with E-state index in [2.05, 4.69) is 0 Å². The number of hydrogen-bond donors (Lipinski definition) is 2. The van der Waals surface area contributed by atoms with Crippen molar-refractivity contribution < 1.29 is 14.6 Å². The van der Waals surface area contributed by atoms with E-state index in [-0.39, 0.29) is 23.9 Å². The lowest BCUT2D eigenvalue weighted by Gasteiger charge is -2.42. The summed E-state index contributed by atoms with van der Waals surface area (Å²) < 4.78 is 5.21. The van der Waals surface area contributed by atoms with Crippen LogP contribution in [0, 0.1) is 5.92 Å². The van der Waals surface area contributed by atoms with Crippen LogP contribution in [-0.2, 0) is 9.53 Å². The van der Waals surface area contributed by atoms with Gasteiger partial charge >= 0.3 is 0 Å². The maximum absolute atomic E-state index is 12.0. The highest BCUT2D eigenvalue weighted by atomic mass is 16.6. The van der Waals surface area contributed by atoms with Crippen molar-refractivity contribution in [3.05, 3.63) is 29.3 Å². The van der Waals surface area contributed by atoms with Crippen molar-refractivity contribution in [3.8, 4) is 0 Å². The Kier molecular flexibility index (Phi) is 4.66. The van der Waals surface area contributed by atoms with E-state index in [9.17, 15) is 9.90 Å². The van der Waals surface area contributed by atoms with Crippen molar-refractivity contribution in [1.82, 2.24) is 0 Å². The van der Waals surface area contributed by atoms with E-state index in [0.717, 1.165) is 11.3 Å². The van der Waals surface area contributed by atoms with Crippen LogP contribution in [0.2, 0.25) is 0 Å². The predicted octanol–water partition coefficient (Wildman–Crippen LogP) is 2.10. The Morgan fingerprint density at radius 2 is 2.14 bits per heavy atom. The van der Waals surface area contributed by atoms with Gasteiger partial charge in [-0.15, -0.1) is 0 Å². The van der Waals surface area contributed by atoms with E-state index in [1.165, 1.54) is 0 Å². The summed E-state index contributed by atoms with van der Waals surface area (Å²) in [5, 5.41) is 9.96. The average molecular weight is 292 g/mol. The molecule has 1 aliphatic heterocycles. The maximum Gasteiger partial charge on any atom is 0.224 e. The minimum atomic E-state index is -0.965. The van der Waals surface area contributed by atoms with Crippen LogP contribution in [0.5, 0.6) is 0 Å². The third-order valence-corrected chi connectivity index (χ3v) is 4.35. The maximum atomic E-state index is 12.0. The second-order valence-corrected chi connectivity index (χ2v) is 5.64. The lowest BCUT2D eigenvalue weighted by atomic mass is 9.83. The number of ether oxygens (including phenoxy) is 1. The summed E-state index contributed by atoms with van der Waals surface area (Å²) in [7, 11) is 0. The molecular formula is C16H24N2O3. The molecular weight excluding hydrogens is 268 g/mol. The van der Waals surface area contributed by atoms with Crippen LogP contribution in [0.1, 0.15) is 51.2 Å². The number of amides is 1. The summed E-state index contributed by atoms with van der Waals surface area (Å²) in [6.07, 6.45) is -0.965. The molecule has 1 unspecified atom stereocenters. The smallest absolute Gasteiger partial charge is 0.224 e. The summed E-state index contributed by atoms with van der Waals surface area (Å²) in [6.45, 7) is 7.87. The van der Waals surface area contributed by atoms with Gasteiger partial charge in [0.05, 0.1) is 0 Å². The molecule has 2 rings (SSSR count). The minimum absolute atomic E-state index is 0.000562. The third kappa shape index (κ3) is 2.81. The Bertz CT molecular complexity index is 532. The van der Waals surface area contributed by atoms with Gasteiger partial charge in [-0.1, -0.05) is 13.0 Å². The molecule has 21 heavy (non-hydrogen) atoms. The number of aliphatic hydroxyl groups excluding tert-OH is 1. The first kappa shape index (κ1) is 15.9. The fourth-order valence-corrected chi connectivity index (χ4v) is 2.96. The second-order valence-electron chi connectivity index (χ2n) is 5.64. The number of carbonyl (C=O) groups is 1. The highest BCUT2D eigenvalue weighted by Gasteiger charge is 2.36. The third-order valence-electron chi connectivity index (χ3n) is 4.35. The van der Waals surface area contributed by atoms with E-state index < -0.39 is 6.29 Å². The normalized spacial score (nSPS) is 26.4. The topological polar surface area (TPSA) is 75.8 Å². The van der Waals surface area contributed by atoms with Crippen molar-refractivity contribution in [2.45, 2.75) is 46.1 Å². The fraction of sp³-hybridized carbons (Fsp3) is 0.562. The zero-order valence-corrected chi connectivity index (χ0v) is 13.0. The van der Waals surface area contributed by atoms with Gasteiger partial charge in [-0.25, -0.2) is 0 Å². The SMILES string of the molecule is CCOC(O)c1ccc2c(c1)[C@H](N)[C@@H](C)[C@H](C)N2C(C)=O. The van der Waals surface area contributed by atoms with E-state index >= 15 is 0 Å². The van der Waals surface area contributed by atoms with E-state index in [1.54, 1.807) is 17.9 Å². The van der Waals surface area contributed by atoms with Gasteiger partial charge < -0.3 is 20.5 Å². The number of carbonyl (C=O) groups excluding carboxylic acids is 1. The number of rotatable bonds is 3. The second kappa shape index (κ2) is 6.13. The molecule has 5 heteroatoms.